The van der Waals surface area contributed by atoms with E-state index in [4.69, 9.17) is 5.11 Å². The Balaban J connectivity index is 2.56. The summed E-state index contributed by atoms with van der Waals surface area (Å²) in [6.07, 6.45) is 3.54. The van der Waals surface area contributed by atoms with Crippen molar-refractivity contribution in [3.05, 3.63) is 0 Å². The van der Waals surface area contributed by atoms with Crippen molar-refractivity contribution in [2.45, 2.75) is 51.2 Å². The second-order valence-corrected chi connectivity index (χ2v) is 4.72. The van der Waals surface area contributed by atoms with Crippen molar-refractivity contribution in [3.8, 4) is 0 Å². The number of amides is 1. The Bertz CT molecular complexity index is 222. The molecule has 0 aromatic rings. The fourth-order valence-electron chi connectivity index (χ4n) is 2.08. The van der Waals surface area contributed by atoms with Crippen LogP contribution in [-0.4, -0.2) is 45.8 Å². The van der Waals surface area contributed by atoms with E-state index in [1.165, 1.54) is 13.8 Å². The standard InChI is InChI=1S/C11H21NO3/c1-11(2,15)10(14)12-7-3-5-9(12)6-4-8-13/h9,13,15H,3-8H2,1-2H3. The third-order valence-electron chi connectivity index (χ3n) is 2.86. The molecule has 4 nitrogen and oxygen atoms in total. The maximum Gasteiger partial charge on any atom is 0.254 e. The van der Waals surface area contributed by atoms with Crippen LogP contribution in [0.1, 0.15) is 39.5 Å². The molecule has 1 rings (SSSR count). The molecule has 1 aliphatic rings. The molecule has 0 spiro atoms. The van der Waals surface area contributed by atoms with Crippen LogP contribution in [0.3, 0.4) is 0 Å². The lowest BCUT2D eigenvalue weighted by atomic mass is 10.1. The Morgan fingerprint density at radius 3 is 2.73 bits per heavy atom. The Morgan fingerprint density at radius 2 is 2.20 bits per heavy atom. The van der Waals surface area contributed by atoms with Crippen molar-refractivity contribution in [2.75, 3.05) is 13.2 Å². The first-order valence-corrected chi connectivity index (χ1v) is 5.61. The van der Waals surface area contributed by atoms with Crippen LogP contribution >= 0.6 is 0 Å². The first-order chi connectivity index (χ1) is 6.96. The number of aliphatic hydroxyl groups excluding tert-OH is 1. The molecule has 0 aromatic heterocycles. The monoisotopic (exact) mass is 215 g/mol. The van der Waals surface area contributed by atoms with E-state index in [9.17, 15) is 9.90 Å². The van der Waals surface area contributed by atoms with E-state index >= 15 is 0 Å². The van der Waals surface area contributed by atoms with Gasteiger partial charge in [-0.25, -0.2) is 0 Å². The minimum atomic E-state index is -1.28. The van der Waals surface area contributed by atoms with Gasteiger partial charge in [-0.15, -0.1) is 0 Å². The predicted octanol–water partition coefficient (Wildman–Crippen LogP) is 0.521. The molecule has 0 aliphatic carbocycles. The number of hydrogen-bond donors (Lipinski definition) is 2. The normalized spacial score (nSPS) is 22.1. The minimum absolute atomic E-state index is 0.168. The summed E-state index contributed by atoms with van der Waals surface area (Å²) in [4.78, 5) is 13.6. The van der Waals surface area contributed by atoms with Gasteiger partial charge in [-0.2, -0.15) is 0 Å². The number of rotatable bonds is 4. The fourth-order valence-corrected chi connectivity index (χ4v) is 2.08. The average molecular weight is 215 g/mol. The summed E-state index contributed by atoms with van der Waals surface area (Å²) in [6.45, 7) is 3.95. The van der Waals surface area contributed by atoms with Gasteiger partial charge >= 0.3 is 0 Å². The number of likely N-dealkylation sites (tertiary alicyclic amines) is 1. The lowest BCUT2D eigenvalue weighted by Crippen LogP contribution is -2.47. The summed E-state index contributed by atoms with van der Waals surface area (Å²) in [5, 5.41) is 18.4. The largest absolute Gasteiger partial charge is 0.396 e. The van der Waals surface area contributed by atoms with E-state index in [0.717, 1.165) is 32.2 Å². The van der Waals surface area contributed by atoms with E-state index in [1.54, 1.807) is 4.90 Å². The molecule has 1 amide bonds. The third kappa shape index (κ3) is 3.18. The summed E-state index contributed by atoms with van der Waals surface area (Å²) in [7, 11) is 0. The smallest absolute Gasteiger partial charge is 0.254 e. The van der Waals surface area contributed by atoms with Crippen LogP contribution in [-0.2, 0) is 4.79 Å². The molecular formula is C11H21NO3. The number of carbonyl (C=O) groups excluding carboxylic acids is 1. The van der Waals surface area contributed by atoms with Gasteiger partial charge in [0.1, 0.15) is 5.60 Å². The summed E-state index contributed by atoms with van der Waals surface area (Å²) in [5.41, 5.74) is -1.28. The zero-order chi connectivity index (χ0) is 11.5. The molecule has 1 unspecified atom stereocenters. The molecule has 0 aromatic carbocycles. The van der Waals surface area contributed by atoms with E-state index in [2.05, 4.69) is 0 Å². The lowest BCUT2D eigenvalue weighted by molar-refractivity contribution is -0.148. The molecule has 1 aliphatic heterocycles. The quantitative estimate of drug-likeness (QED) is 0.718. The van der Waals surface area contributed by atoms with Gasteiger partial charge in [0.15, 0.2) is 0 Å². The molecule has 88 valence electrons. The number of aliphatic hydroxyl groups is 2. The highest BCUT2D eigenvalue weighted by atomic mass is 16.3. The van der Waals surface area contributed by atoms with Crippen molar-refractivity contribution in [2.24, 2.45) is 0 Å². The van der Waals surface area contributed by atoms with Crippen LogP contribution in [0.15, 0.2) is 0 Å². The Labute approximate surface area is 90.9 Å². The highest BCUT2D eigenvalue weighted by molar-refractivity contribution is 5.84. The van der Waals surface area contributed by atoms with E-state index in [-0.39, 0.29) is 18.6 Å². The van der Waals surface area contributed by atoms with E-state index in [0.29, 0.717) is 0 Å². The van der Waals surface area contributed by atoms with Crippen LogP contribution in [0.4, 0.5) is 0 Å². The predicted molar refractivity (Wildman–Crippen MR) is 57.4 cm³/mol. The van der Waals surface area contributed by atoms with Crippen molar-refractivity contribution < 1.29 is 15.0 Å². The molecule has 0 radical (unpaired) electrons. The average Bonchev–Trinajstić information content (AvgIpc) is 2.59. The third-order valence-corrected chi connectivity index (χ3v) is 2.86. The van der Waals surface area contributed by atoms with Crippen molar-refractivity contribution in [3.63, 3.8) is 0 Å². The second kappa shape index (κ2) is 4.94. The first kappa shape index (κ1) is 12.5. The molecule has 15 heavy (non-hydrogen) atoms. The molecule has 0 saturated carbocycles. The fraction of sp³-hybridized carbons (Fsp3) is 0.909. The zero-order valence-electron chi connectivity index (χ0n) is 9.57. The summed E-state index contributed by atoms with van der Waals surface area (Å²) >= 11 is 0. The number of carbonyl (C=O) groups is 1. The van der Waals surface area contributed by atoms with E-state index < -0.39 is 5.60 Å². The van der Waals surface area contributed by atoms with Crippen LogP contribution in [0.25, 0.3) is 0 Å². The molecule has 4 heteroatoms. The van der Waals surface area contributed by atoms with Gasteiger partial charge in [0.2, 0.25) is 0 Å². The lowest BCUT2D eigenvalue weighted by Gasteiger charge is -2.30. The van der Waals surface area contributed by atoms with Gasteiger partial charge in [-0.05, 0) is 39.5 Å². The van der Waals surface area contributed by atoms with Gasteiger partial charge < -0.3 is 15.1 Å². The number of nitrogens with zero attached hydrogens (tertiary/aromatic N) is 1. The first-order valence-electron chi connectivity index (χ1n) is 5.61. The molecular weight excluding hydrogens is 194 g/mol. The molecule has 2 N–H and O–H groups in total. The van der Waals surface area contributed by atoms with Crippen LogP contribution in [0.5, 0.6) is 0 Å². The maximum absolute atomic E-state index is 11.9. The molecule has 1 atom stereocenters. The highest BCUT2D eigenvalue weighted by Crippen LogP contribution is 2.24. The molecule has 1 heterocycles. The zero-order valence-corrected chi connectivity index (χ0v) is 9.57. The summed E-state index contributed by atoms with van der Waals surface area (Å²) < 4.78 is 0. The SMILES string of the molecule is CC(C)(O)C(=O)N1CCCC1CCCO. The second-order valence-electron chi connectivity index (χ2n) is 4.72. The van der Waals surface area contributed by atoms with Crippen molar-refractivity contribution in [1.29, 1.82) is 0 Å². The Morgan fingerprint density at radius 1 is 1.53 bits per heavy atom. The number of hydrogen-bond acceptors (Lipinski definition) is 3. The van der Waals surface area contributed by atoms with Crippen LogP contribution in [0.2, 0.25) is 0 Å². The maximum atomic E-state index is 11.9. The molecule has 1 fully saturated rings. The van der Waals surface area contributed by atoms with Gasteiger partial charge in [-0.1, -0.05) is 0 Å². The van der Waals surface area contributed by atoms with Gasteiger partial charge in [-0.3, -0.25) is 4.79 Å². The van der Waals surface area contributed by atoms with Crippen LogP contribution < -0.4 is 0 Å². The summed E-state index contributed by atoms with van der Waals surface area (Å²) in [5.74, 6) is -0.192. The van der Waals surface area contributed by atoms with Gasteiger partial charge in [0, 0.05) is 19.2 Å². The Hall–Kier alpha value is -0.610. The van der Waals surface area contributed by atoms with Crippen molar-refractivity contribution >= 4 is 5.91 Å². The Kier molecular flexibility index (Phi) is 4.11. The highest BCUT2D eigenvalue weighted by Gasteiger charge is 2.35. The topological polar surface area (TPSA) is 60.8 Å². The van der Waals surface area contributed by atoms with Crippen molar-refractivity contribution in [1.82, 2.24) is 4.90 Å². The van der Waals surface area contributed by atoms with Crippen LogP contribution in [0, 0.1) is 0 Å². The molecule has 1 saturated heterocycles. The minimum Gasteiger partial charge on any atom is -0.396 e. The molecule has 0 bridgehead atoms. The van der Waals surface area contributed by atoms with E-state index in [1.807, 2.05) is 0 Å². The van der Waals surface area contributed by atoms with Gasteiger partial charge in [0.05, 0.1) is 0 Å². The van der Waals surface area contributed by atoms with Gasteiger partial charge in [0.25, 0.3) is 5.91 Å². The summed E-state index contributed by atoms with van der Waals surface area (Å²) in [6, 6.07) is 0.205.